The molecule has 0 aliphatic rings. The molecule has 1 unspecified atom stereocenters. The monoisotopic (exact) mass is 254 g/mol. The van der Waals surface area contributed by atoms with Gasteiger partial charge >= 0.3 is 0 Å². The van der Waals surface area contributed by atoms with Crippen LogP contribution in [0.5, 0.6) is 0 Å². The average Bonchev–Trinajstić information content (AvgIpc) is 2.84. The van der Waals surface area contributed by atoms with Crippen molar-refractivity contribution < 1.29 is 4.39 Å². The number of halogens is 2. The van der Waals surface area contributed by atoms with Crippen LogP contribution in [0.4, 0.5) is 4.39 Å². The third kappa shape index (κ3) is 2.81. The molecule has 0 saturated carbocycles. The molecule has 1 atom stereocenters. The smallest absolute Gasteiger partial charge is 0.141 e. The first-order valence-electron chi connectivity index (χ1n) is 5.17. The molecule has 0 spiro atoms. The second-order valence-electron chi connectivity index (χ2n) is 3.65. The first-order valence-corrected chi connectivity index (χ1v) is 5.55. The Morgan fingerprint density at radius 2 is 2.35 bits per heavy atom. The van der Waals surface area contributed by atoms with Gasteiger partial charge in [0, 0.05) is 5.02 Å². The van der Waals surface area contributed by atoms with Crippen molar-refractivity contribution in [2.75, 3.05) is 7.05 Å². The first kappa shape index (κ1) is 12.0. The number of H-pyrrole nitrogens is 1. The summed E-state index contributed by atoms with van der Waals surface area (Å²) in [4.78, 5) is 4.07. The molecule has 2 aromatic rings. The fraction of sp³-hybridized carbons (Fsp3) is 0.273. The van der Waals surface area contributed by atoms with Crippen LogP contribution < -0.4 is 5.32 Å². The molecule has 0 saturated heterocycles. The minimum atomic E-state index is -0.295. The van der Waals surface area contributed by atoms with E-state index in [2.05, 4.69) is 20.5 Å². The Balaban J connectivity index is 2.21. The molecular formula is C11H12ClFN4. The summed E-state index contributed by atoms with van der Waals surface area (Å²) in [6.45, 7) is 0. The van der Waals surface area contributed by atoms with Gasteiger partial charge in [-0.3, -0.25) is 5.10 Å². The molecule has 90 valence electrons. The van der Waals surface area contributed by atoms with Gasteiger partial charge in [0.25, 0.3) is 0 Å². The molecule has 0 aliphatic heterocycles. The lowest BCUT2D eigenvalue weighted by Gasteiger charge is -2.14. The number of nitrogens with one attached hydrogen (secondary N) is 2. The number of aromatic nitrogens is 3. The number of nitrogens with zero attached hydrogens (tertiary/aromatic N) is 2. The third-order valence-electron chi connectivity index (χ3n) is 2.54. The van der Waals surface area contributed by atoms with Gasteiger partial charge in [0.05, 0.1) is 6.04 Å². The molecule has 0 aliphatic carbocycles. The van der Waals surface area contributed by atoms with E-state index in [1.165, 1.54) is 18.5 Å². The number of benzene rings is 1. The second-order valence-corrected chi connectivity index (χ2v) is 4.06. The number of hydrogen-bond acceptors (Lipinski definition) is 3. The first-order chi connectivity index (χ1) is 8.20. The van der Waals surface area contributed by atoms with Crippen LogP contribution in [0.15, 0.2) is 24.5 Å². The van der Waals surface area contributed by atoms with Crippen molar-refractivity contribution in [1.29, 1.82) is 0 Å². The van der Waals surface area contributed by atoms with Crippen molar-refractivity contribution in [1.82, 2.24) is 20.5 Å². The molecule has 2 N–H and O–H groups in total. The van der Waals surface area contributed by atoms with Gasteiger partial charge < -0.3 is 5.32 Å². The van der Waals surface area contributed by atoms with E-state index in [-0.39, 0.29) is 11.9 Å². The Labute approximate surface area is 103 Å². The van der Waals surface area contributed by atoms with Crippen LogP contribution in [-0.2, 0) is 6.42 Å². The Morgan fingerprint density at radius 3 is 3.00 bits per heavy atom. The quantitative estimate of drug-likeness (QED) is 0.879. The summed E-state index contributed by atoms with van der Waals surface area (Å²) in [7, 11) is 1.81. The summed E-state index contributed by atoms with van der Waals surface area (Å²) in [5.41, 5.74) is 0.738. The van der Waals surface area contributed by atoms with E-state index in [4.69, 9.17) is 11.6 Å². The van der Waals surface area contributed by atoms with Crippen molar-refractivity contribution >= 4 is 11.6 Å². The summed E-state index contributed by atoms with van der Waals surface area (Å²) in [6.07, 6.45) is 1.98. The van der Waals surface area contributed by atoms with Crippen LogP contribution in [0.1, 0.15) is 17.4 Å². The Hall–Kier alpha value is -1.46. The molecular weight excluding hydrogens is 243 g/mol. The van der Waals surface area contributed by atoms with Crippen molar-refractivity contribution in [3.8, 4) is 0 Å². The zero-order valence-electron chi connectivity index (χ0n) is 9.24. The van der Waals surface area contributed by atoms with Crippen molar-refractivity contribution in [2.24, 2.45) is 0 Å². The SMILES string of the molecule is CNC(Cc1cc(F)ccc1Cl)c1ncn[nH]1. The maximum Gasteiger partial charge on any atom is 0.141 e. The molecule has 0 amide bonds. The van der Waals surface area contributed by atoms with E-state index in [1.807, 2.05) is 0 Å². The van der Waals surface area contributed by atoms with E-state index in [0.717, 1.165) is 5.56 Å². The van der Waals surface area contributed by atoms with Gasteiger partial charge in [0.15, 0.2) is 0 Å². The highest BCUT2D eigenvalue weighted by molar-refractivity contribution is 6.31. The summed E-state index contributed by atoms with van der Waals surface area (Å²) in [5.74, 6) is 0.407. The second kappa shape index (κ2) is 5.25. The molecule has 6 heteroatoms. The summed E-state index contributed by atoms with van der Waals surface area (Å²) in [6, 6.07) is 4.26. The molecule has 1 heterocycles. The highest BCUT2D eigenvalue weighted by Gasteiger charge is 2.15. The van der Waals surface area contributed by atoms with Crippen LogP contribution in [0.2, 0.25) is 5.02 Å². The van der Waals surface area contributed by atoms with Gasteiger partial charge in [0.2, 0.25) is 0 Å². The third-order valence-corrected chi connectivity index (χ3v) is 2.91. The van der Waals surface area contributed by atoms with Gasteiger partial charge in [-0.05, 0) is 37.2 Å². The molecule has 1 aromatic carbocycles. The predicted octanol–water partition coefficient (Wildman–Crippen LogP) is 2.10. The van der Waals surface area contributed by atoms with E-state index >= 15 is 0 Å². The fourth-order valence-corrected chi connectivity index (χ4v) is 1.83. The van der Waals surface area contributed by atoms with Crippen molar-refractivity contribution in [3.63, 3.8) is 0 Å². The maximum absolute atomic E-state index is 13.1. The Morgan fingerprint density at radius 1 is 1.53 bits per heavy atom. The Kier molecular flexibility index (Phi) is 3.71. The van der Waals surface area contributed by atoms with Gasteiger partial charge in [-0.2, -0.15) is 5.10 Å². The van der Waals surface area contributed by atoms with Gasteiger partial charge in [-0.25, -0.2) is 9.37 Å². The lowest BCUT2D eigenvalue weighted by atomic mass is 10.1. The van der Waals surface area contributed by atoms with Gasteiger partial charge in [-0.1, -0.05) is 11.6 Å². The Bertz CT molecular complexity index is 486. The number of likely N-dealkylation sites (N-methyl/N-ethyl adjacent to an activating group) is 1. The summed E-state index contributed by atoms with van der Waals surface area (Å²) in [5, 5.41) is 10.2. The molecule has 0 radical (unpaired) electrons. The van der Waals surface area contributed by atoms with Crippen LogP contribution in [-0.4, -0.2) is 22.2 Å². The predicted molar refractivity (Wildman–Crippen MR) is 63.3 cm³/mol. The lowest BCUT2D eigenvalue weighted by Crippen LogP contribution is -2.20. The fourth-order valence-electron chi connectivity index (χ4n) is 1.64. The summed E-state index contributed by atoms with van der Waals surface area (Å²) < 4.78 is 13.1. The average molecular weight is 255 g/mol. The molecule has 1 aromatic heterocycles. The van der Waals surface area contributed by atoms with Gasteiger partial charge in [0.1, 0.15) is 18.0 Å². The zero-order valence-corrected chi connectivity index (χ0v) is 10.0. The minimum Gasteiger partial charge on any atom is -0.310 e. The molecule has 2 rings (SSSR count). The minimum absolute atomic E-state index is 0.0724. The number of hydrogen-bond donors (Lipinski definition) is 2. The number of rotatable bonds is 4. The molecule has 0 fully saturated rings. The van der Waals surface area contributed by atoms with Gasteiger partial charge in [-0.15, -0.1) is 0 Å². The molecule has 17 heavy (non-hydrogen) atoms. The lowest BCUT2D eigenvalue weighted by molar-refractivity contribution is 0.556. The molecule has 0 bridgehead atoms. The van der Waals surface area contributed by atoms with Crippen LogP contribution in [0.25, 0.3) is 0 Å². The van der Waals surface area contributed by atoms with Crippen LogP contribution in [0.3, 0.4) is 0 Å². The van der Waals surface area contributed by atoms with Crippen LogP contribution >= 0.6 is 11.6 Å². The summed E-state index contributed by atoms with van der Waals surface area (Å²) >= 11 is 6.02. The zero-order chi connectivity index (χ0) is 12.3. The van der Waals surface area contributed by atoms with E-state index in [9.17, 15) is 4.39 Å². The number of aromatic amines is 1. The van der Waals surface area contributed by atoms with E-state index < -0.39 is 0 Å². The van der Waals surface area contributed by atoms with Crippen molar-refractivity contribution in [2.45, 2.75) is 12.5 Å². The molecule has 4 nitrogen and oxygen atoms in total. The normalized spacial score (nSPS) is 12.6. The largest absolute Gasteiger partial charge is 0.310 e. The topological polar surface area (TPSA) is 53.6 Å². The maximum atomic E-state index is 13.1. The highest BCUT2D eigenvalue weighted by Crippen LogP contribution is 2.22. The standard InChI is InChI=1S/C11H12ClFN4/c1-14-10(11-15-6-16-17-11)5-7-4-8(13)2-3-9(7)12/h2-4,6,10,14H,5H2,1H3,(H,15,16,17). The highest BCUT2D eigenvalue weighted by atomic mass is 35.5. The van der Waals surface area contributed by atoms with Crippen LogP contribution in [0, 0.1) is 5.82 Å². The van der Waals surface area contributed by atoms with Crippen molar-refractivity contribution in [3.05, 3.63) is 46.8 Å². The van der Waals surface area contributed by atoms with E-state index in [1.54, 1.807) is 13.1 Å². The van der Waals surface area contributed by atoms with E-state index in [0.29, 0.717) is 17.3 Å².